The molecule has 0 aliphatic heterocycles. The third kappa shape index (κ3) is 5.74. The van der Waals surface area contributed by atoms with Gasteiger partial charge in [-0.05, 0) is 37.1 Å². The average Bonchev–Trinajstić information content (AvgIpc) is 2.36. The number of ether oxygens (including phenoxy) is 1. The Labute approximate surface area is 115 Å². The number of hydrogen-bond donors (Lipinski definition) is 1. The first-order valence-corrected chi connectivity index (χ1v) is 7.16. The van der Waals surface area contributed by atoms with E-state index in [1.165, 1.54) is 25.7 Å². The van der Waals surface area contributed by atoms with Crippen LogP contribution >= 0.6 is 11.6 Å². The van der Waals surface area contributed by atoms with Crippen molar-refractivity contribution in [2.75, 3.05) is 5.73 Å². The molecule has 0 amide bonds. The molecule has 0 aliphatic carbocycles. The van der Waals surface area contributed by atoms with Gasteiger partial charge in [-0.2, -0.15) is 0 Å². The molecule has 1 aromatic rings. The summed E-state index contributed by atoms with van der Waals surface area (Å²) in [5, 5.41) is 0.724. The lowest BCUT2D eigenvalue weighted by molar-refractivity contribution is 0.0459. The molecule has 1 atom stereocenters. The van der Waals surface area contributed by atoms with Crippen molar-refractivity contribution in [3.8, 4) is 0 Å². The third-order valence-electron chi connectivity index (χ3n) is 3.06. The summed E-state index contributed by atoms with van der Waals surface area (Å²) in [5.41, 5.74) is 7.43. The summed E-state index contributed by atoms with van der Waals surface area (Å²) in [7, 11) is 0. The highest BCUT2D eigenvalue weighted by Crippen LogP contribution is 2.20. The smallest absolute Gasteiger partial charge is 0.0735 e. The molecule has 0 saturated carbocycles. The van der Waals surface area contributed by atoms with Gasteiger partial charge in [0.25, 0.3) is 0 Å². The molecule has 0 radical (unpaired) electrons. The van der Waals surface area contributed by atoms with Crippen LogP contribution in [0.1, 0.15) is 51.5 Å². The van der Waals surface area contributed by atoms with Crippen molar-refractivity contribution in [2.24, 2.45) is 0 Å². The maximum atomic E-state index is 6.09. The normalized spacial score (nSPS) is 12.6. The van der Waals surface area contributed by atoms with E-state index in [2.05, 4.69) is 13.8 Å². The Kier molecular flexibility index (Phi) is 7.14. The van der Waals surface area contributed by atoms with E-state index in [-0.39, 0.29) is 6.10 Å². The third-order valence-corrected chi connectivity index (χ3v) is 3.43. The van der Waals surface area contributed by atoms with Crippen molar-refractivity contribution in [1.29, 1.82) is 0 Å². The van der Waals surface area contributed by atoms with Crippen LogP contribution in [0.5, 0.6) is 0 Å². The number of benzene rings is 1. The van der Waals surface area contributed by atoms with Crippen LogP contribution in [0.3, 0.4) is 0 Å². The zero-order chi connectivity index (χ0) is 13.4. The molecule has 0 spiro atoms. The van der Waals surface area contributed by atoms with Gasteiger partial charge in [-0.15, -0.1) is 0 Å². The van der Waals surface area contributed by atoms with E-state index in [0.717, 1.165) is 22.7 Å². The molecule has 18 heavy (non-hydrogen) atoms. The Morgan fingerprint density at radius 1 is 1.28 bits per heavy atom. The monoisotopic (exact) mass is 269 g/mol. The number of halogens is 1. The number of hydrogen-bond acceptors (Lipinski definition) is 2. The second-order valence-electron chi connectivity index (χ2n) is 4.82. The zero-order valence-electron chi connectivity index (χ0n) is 11.4. The Balaban J connectivity index is 2.29. The van der Waals surface area contributed by atoms with Crippen LogP contribution in [0.15, 0.2) is 18.2 Å². The Hall–Kier alpha value is -0.730. The van der Waals surface area contributed by atoms with Crippen LogP contribution < -0.4 is 5.73 Å². The fourth-order valence-corrected chi connectivity index (χ4v) is 2.05. The average molecular weight is 270 g/mol. The van der Waals surface area contributed by atoms with E-state index in [1.54, 1.807) is 6.07 Å². The van der Waals surface area contributed by atoms with E-state index in [9.17, 15) is 0 Å². The van der Waals surface area contributed by atoms with Crippen LogP contribution in [-0.2, 0) is 11.3 Å². The molecule has 0 aliphatic rings. The molecule has 0 aromatic heterocycles. The highest BCUT2D eigenvalue weighted by Gasteiger charge is 2.05. The van der Waals surface area contributed by atoms with Crippen LogP contribution in [0.25, 0.3) is 0 Å². The predicted octanol–water partition coefficient (Wildman–Crippen LogP) is 4.80. The minimum Gasteiger partial charge on any atom is -0.399 e. The van der Waals surface area contributed by atoms with E-state index in [4.69, 9.17) is 22.1 Å². The zero-order valence-corrected chi connectivity index (χ0v) is 12.2. The molecule has 0 fully saturated rings. The van der Waals surface area contributed by atoms with E-state index in [1.807, 2.05) is 12.1 Å². The molecular weight excluding hydrogens is 246 g/mol. The van der Waals surface area contributed by atoms with Gasteiger partial charge in [0, 0.05) is 10.7 Å². The molecule has 1 rings (SSSR count). The van der Waals surface area contributed by atoms with Gasteiger partial charge < -0.3 is 10.5 Å². The van der Waals surface area contributed by atoms with Crippen molar-refractivity contribution >= 4 is 17.3 Å². The summed E-state index contributed by atoms with van der Waals surface area (Å²) >= 11 is 6.09. The van der Waals surface area contributed by atoms with Gasteiger partial charge in [-0.25, -0.2) is 0 Å². The van der Waals surface area contributed by atoms with Crippen LogP contribution in [0.4, 0.5) is 5.69 Å². The van der Waals surface area contributed by atoms with Gasteiger partial charge in [0.05, 0.1) is 12.7 Å². The van der Waals surface area contributed by atoms with Crippen molar-refractivity contribution in [3.63, 3.8) is 0 Å². The van der Waals surface area contributed by atoms with Crippen LogP contribution in [-0.4, -0.2) is 6.10 Å². The molecule has 2 N–H and O–H groups in total. The molecule has 0 saturated heterocycles. The summed E-state index contributed by atoms with van der Waals surface area (Å²) in [4.78, 5) is 0. The van der Waals surface area contributed by atoms with E-state index in [0.29, 0.717) is 6.61 Å². The van der Waals surface area contributed by atoms with Crippen molar-refractivity contribution in [3.05, 3.63) is 28.8 Å². The molecule has 1 aromatic carbocycles. The van der Waals surface area contributed by atoms with Crippen LogP contribution in [0.2, 0.25) is 5.02 Å². The number of anilines is 1. The molecule has 0 heterocycles. The van der Waals surface area contributed by atoms with Gasteiger partial charge in [0.15, 0.2) is 0 Å². The summed E-state index contributed by atoms with van der Waals surface area (Å²) in [5.74, 6) is 0. The lowest BCUT2D eigenvalue weighted by Gasteiger charge is -2.14. The lowest BCUT2D eigenvalue weighted by atomic mass is 10.1. The quantitative estimate of drug-likeness (QED) is 0.544. The number of nitrogen functional groups attached to an aromatic ring is 1. The lowest BCUT2D eigenvalue weighted by Crippen LogP contribution is -2.08. The van der Waals surface area contributed by atoms with E-state index >= 15 is 0 Å². The van der Waals surface area contributed by atoms with Crippen LogP contribution in [0, 0.1) is 0 Å². The Bertz CT molecular complexity index is 354. The van der Waals surface area contributed by atoms with Gasteiger partial charge in [0.1, 0.15) is 0 Å². The van der Waals surface area contributed by atoms with Gasteiger partial charge >= 0.3 is 0 Å². The van der Waals surface area contributed by atoms with Crippen molar-refractivity contribution in [1.82, 2.24) is 0 Å². The van der Waals surface area contributed by atoms with Gasteiger partial charge in [0.2, 0.25) is 0 Å². The fourth-order valence-electron chi connectivity index (χ4n) is 1.88. The fraction of sp³-hybridized carbons (Fsp3) is 0.600. The summed E-state index contributed by atoms with van der Waals surface area (Å²) in [6.07, 6.45) is 6.50. The van der Waals surface area contributed by atoms with Crippen molar-refractivity contribution < 1.29 is 4.74 Å². The molecule has 2 nitrogen and oxygen atoms in total. The van der Waals surface area contributed by atoms with Crippen molar-refractivity contribution in [2.45, 2.75) is 58.7 Å². The molecular formula is C15H24ClNO. The molecule has 0 bridgehead atoms. The second kappa shape index (κ2) is 8.39. The molecule has 3 heteroatoms. The summed E-state index contributed by atoms with van der Waals surface area (Å²) in [6, 6.07) is 5.51. The maximum absolute atomic E-state index is 6.09. The highest BCUT2D eigenvalue weighted by atomic mass is 35.5. The first-order chi connectivity index (χ1) is 8.63. The predicted molar refractivity (Wildman–Crippen MR) is 78.9 cm³/mol. The van der Waals surface area contributed by atoms with E-state index < -0.39 is 0 Å². The number of unbranched alkanes of at least 4 members (excludes halogenated alkanes) is 3. The minimum absolute atomic E-state index is 0.277. The molecule has 102 valence electrons. The number of nitrogens with two attached hydrogens (primary N) is 1. The standard InChI is InChI=1S/C15H24ClNO/c1-3-4-5-6-7-12(2)18-11-13-10-14(17)8-9-15(13)16/h8-10,12H,3-7,11,17H2,1-2H3. The maximum Gasteiger partial charge on any atom is 0.0735 e. The van der Waals surface area contributed by atoms with Gasteiger partial charge in [-0.1, -0.05) is 44.2 Å². The Morgan fingerprint density at radius 2 is 2.06 bits per heavy atom. The highest BCUT2D eigenvalue weighted by molar-refractivity contribution is 6.31. The Morgan fingerprint density at radius 3 is 2.78 bits per heavy atom. The number of rotatable bonds is 8. The van der Waals surface area contributed by atoms with Gasteiger partial charge in [-0.3, -0.25) is 0 Å². The summed E-state index contributed by atoms with van der Waals surface area (Å²) in [6.45, 7) is 4.88. The first-order valence-electron chi connectivity index (χ1n) is 6.79. The minimum atomic E-state index is 0.277. The second-order valence-corrected chi connectivity index (χ2v) is 5.23. The first kappa shape index (κ1) is 15.3. The largest absolute Gasteiger partial charge is 0.399 e. The topological polar surface area (TPSA) is 35.2 Å². The summed E-state index contributed by atoms with van der Waals surface area (Å²) < 4.78 is 5.80. The molecule has 1 unspecified atom stereocenters. The SMILES string of the molecule is CCCCCCC(C)OCc1cc(N)ccc1Cl.